The minimum absolute atomic E-state index is 0.0157. The summed E-state index contributed by atoms with van der Waals surface area (Å²) in [6, 6.07) is 5.93. The quantitative estimate of drug-likeness (QED) is 0.676. The fourth-order valence-electron chi connectivity index (χ4n) is 1.44. The number of nitro groups is 1. The zero-order valence-corrected chi connectivity index (χ0v) is 12.5. The van der Waals surface area contributed by atoms with Crippen LogP contribution in [0.4, 0.5) is 11.5 Å². The maximum Gasteiger partial charge on any atom is 0.270 e. The lowest BCUT2D eigenvalue weighted by molar-refractivity contribution is -0.385. The first kappa shape index (κ1) is 15.5. The van der Waals surface area contributed by atoms with Crippen molar-refractivity contribution in [2.75, 3.05) is 4.72 Å². The molecule has 0 spiro atoms. The largest absolute Gasteiger partial charge is 0.270 e. The molecular weight excluding hydrogens is 341 g/mol. The SMILES string of the molecule is O=[N+]([O-])c1ccc(Cl)c(S(=O)(=O)Nc2ccc(Cl)cn2)c1. The van der Waals surface area contributed by atoms with Crippen LogP contribution in [-0.4, -0.2) is 18.3 Å². The van der Waals surface area contributed by atoms with E-state index < -0.39 is 19.8 Å². The Kier molecular flexibility index (Phi) is 4.31. The average Bonchev–Trinajstić information content (AvgIpc) is 2.41. The van der Waals surface area contributed by atoms with E-state index in [0.29, 0.717) is 5.02 Å². The van der Waals surface area contributed by atoms with Gasteiger partial charge in [-0.2, -0.15) is 0 Å². The highest BCUT2D eigenvalue weighted by atomic mass is 35.5. The summed E-state index contributed by atoms with van der Waals surface area (Å²) in [5.74, 6) is 0.0157. The van der Waals surface area contributed by atoms with Gasteiger partial charge in [0, 0.05) is 18.3 Å². The highest BCUT2D eigenvalue weighted by Crippen LogP contribution is 2.27. The number of hydrogen-bond donors (Lipinski definition) is 1. The maximum absolute atomic E-state index is 12.2. The third-order valence-corrected chi connectivity index (χ3v) is 4.44. The molecule has 0 saturated heterocycles. The molecule has 0 aliphatic carbocycles. The number of rotatable bonds is 4. The second-order valence-corrected chi connectivity index (χ2v) is 6.33. The molecule has 1 aromatic heterocycles. The van der Waals surface area contributed by atoms with Crippen molar-refractivity contribution in [3.05, 3.63) is 56.7 Å². The number of hydrogen-bond acceptors (Lipinski definition) is 5. The number of sulfonamides is 1. The fourth-order valence-corrected chi connectivity index (χ4v) is 3.08. The minimum Gasteiger partial charge on any atom is -0.263 e. The van der Waals surface area contributed by atoms with E-state index in [1.54, 1.807) is 0 Å². The van der Waals surface area contributed by atoms with Crippen LogP contribution >= 0.6 is 23.2 Å². The number of pyridine rings is 1. The monoisotopic (exact) mass is 347 g/mol. The first-order chi connectivity index (χ1) is 9.79. The van der Waals surface area contributed by atoms with Gasteiger partial charge in [-0.05, 0) is 18.2 Å². The summed E-state index contributed by atoms with van der Waals surface area (Å²) < 4.78 is 26.5. The molecule has 0 saturated carbocycles. The second kappa shape index (κ2) is 5.84. The Hall–Kier alpha value is -1.90. The molecule has 2 rings (SSSR count). The maximum atomic E-state index is 12.2. The van der Waals surface area contributed by atoms with E-state index in [1.165, 1.54) is 18.3 Å². The van der Waals surface area contributed by atoms with Crippen LogP contribution in [0.15, 0.2) is 41.4 Å². The molecule has 2 aromatic rings. The molecule has 7 nitrogen and oxygen atoms in total. The molecule has 0 fully saturated rings. The smallest absolute Gasteiger partial charge is 0.263 e. The van der Waals surface area contributed by atoms with E-state index in [-0.39, 0.29) is 16.5 Å². The van der Waals surface area contributed by atoms with Gasteiger partial charge in [-0.3, -0.25) is 14.8 Å². The Balaban J connectivity index is 2.41. The molecule has 0 aliphatic heterocycles. The molecular formula is C11H7Cl2N3O4S. The third-order valence-electron chi connectivity index (χ3n) is 2.38. The highest BCUT2D eigenvalue weighted by Gasteiger charge is 2.22. The predicted molar refractivity (Wildman–Crippen MR) is 78.2 cm³/mol. The summed E-state index contributed by atoms with van der Waals surface area (Å²) in [5.41, 5.74) is -0.385. The number of nitro benzene ring substituents is 1. The van der Waals surface area contributed by atoms with Gasteiger partial charge in [-0.15, -0.1) is 0 Å². The van der Waals surface area contributed by atoms with Gasteiger partial charge >= 0.3 is 0 Å². The van der Waals surface area contributed by atoms with E-state index in [4.69, 9.17) is 23.2 Å². The van der Waals surface area contributed by atoms with Crippen LogP contribution in [0.25, 0.3) is 0 Å². The minimum atomic E-state index is -4.10. The Labute approximate surface area is 129 Å². The average molecular weight is 348 g/mol. The first-order valence-electron chi connectivity index (χ1n) is 5.38. The lowest BCUT2D eigenvalue weighted by Crippen LogP contribution is -2.14. The van der Waals surface area contributed by atoms with Gasteiger partial charge in [0.15, 0.2) is 0 Å². The molecule has 0 amide bonds. The van der Waals surface area contributed by atoms with Crippen molar-refractivity contribution in [1.82, 2.24) is 4.98 Å². The van der Waals surface area contributed by atoms with Crippen LogP contribution in [0.1, 0.15) is 0 Å². The normalized spacial score (nSPS) is 11.1. The van der Waals surface area contributed by atoms with E-state index in [2.05, 4.69) is 9.71 Å². The van der Waals surface area contributed by atoms with Gasteiger partial charge in [0.05, 0.1) is 15.0 Å². The topological polar surface area (TPSA) is 102 Å². The van der Waals surface area contributed by atoms with E-state index in [9.17, 15) is 18.5 Å². The van der Waals surface area contributed by atoms with Gasteiger partial charge in [-0.1, -0.05) is 23.2 Å². The molecule has 10 heteroatoms. The second-order valence-electron chi connectivity index (χ2n) is 3.84. The van der Waals surface area contributed by atoms with E-state index in [0.717, 1.165) is 18.2 Å². The molecule has 1 aromatic carbocycles. The van der Waals surface area contributed by atoms with Gasteiger partial charge in [0.25, 0.3) is 15.7 Å². The summed E-state index contributed by atoms with van der Waals surface area (Å²) in [6.45, 7) is 0. The molecule has 0 aliphatic rings. The molecule has 21 heavy (non-hydrogen) atoms. The first-order valence-corrected chi connectivity index (χ1v) is 7.62. The summed E-state index contributed by atoms with van der Waals surface area (Å²) in [5, 5.41) is 10.9. The number of nitrogens with zero attached hydrogens (tertiary/aromatic N) is 2. The van der Waals surface area contributed by atoms with Crippen molar-refractivity contribution in [2.24, 2.45) is 0 Å². The zero-order chi connectivity index (χ0) is 15.6. The van der Waals surface area contributed by atoms with Gasteiger partial charge in [0.2, 0.25) is 0 Å². The number of aromatic nitrogens is 1. The molecule has 0 atom stereocenters. The van der Waals surface area contributed by atoms with Crippen molar-refractivity contribution >= 4 is 44.7 Å². The molecule has 0 radical (unpaired) electrons. The van der Waals surface area contributed by atoms with Crippen LogP contribution in [0.2, 0.25) is 10.0 Å². The Morgan fingerprint density at radius 2 is 1.90 bits per heavy atom. The molecule has 1 N–H and O–H groups in total. The van der Waals surface area contributed by atoms with E-state index in [1.807, 2.05) is 0 Å². The molecule has 0 bridgehead atoms. The van der Waals surface area contributed by atoms with Gasteiger partial charge < -0.3 is 0 Å². The third kappa shape index (κ3) is 3.60. The lowest BCUT2D eigenvalue weighted by atomic mass is 10.3. The Morgan fingerprint density at radius 1 is 1.19 bits per heavy atom. The van der Waals surface area contributed by atoms with Gasteiger partial charge in [-0.25, -0.2) is 13.4 Å². The predicted octanol–water partition coefficient (Wildman–Crippen LogP) is 3.10. The number of non-ortho nitro benzene ring substituents is 1. The summed E-state index contributed by atoms with van der Waals surface area (Å²) >= 11 is 11.4. The summed E-state index contributed by atoms with van der Waals surface area (Å²) in [4.78, 5) is 13.4. The Morgan fingerprint density at radius 3 is 2.48 bits per heavy atom. The molecule has 1 heterocycles. The fraction of sp³-hybridized carbons (Fsp3) is 0. The van der Waals surface area contributed by atoms with Crippen molar-refractivity contribution in [1.29, 1.82) is 0 Å². The summed E-state index contributed by atoms with van der Waals surface area (Å²) in [7, 11) is -4.10. The van der Waals surface area contributed by atoms with Crippen LogP contribution in [-0.2, 0) is 10.0 Å². The van der Waals surface area contributed by atoms with Crippen LogP contribution in [0.3, 0.4) is 0 Å². The van der Waals surface area contributed by atoms with Crippen molar-refractivity contribution in [2.45, 2.75) is 4.90 Å². The highest BCUT2D eigenvalue weighted by molar-refractivity contribution is 7.92. The number of halogens is 2. The number of anilines is 1. The van der Waals surface area contributed by atoms with Crippen molar-refractivity contribution in [3.63, 3.8) is 0 Å². The van der Waals surface area contributed by atoms with Crippen LogP contribution < -0.4 is 4.72 Å². The standard InChI is InChI=1S/C11H7Cl2N3O4S/c12-7-1-4-11(14-6-7)15-21(19,20)10-5-8(16(17)18)2-3-9(10)13/h1-6H,(H,14,15). The van der Waals surface area contributed by atoms with Crippen molar-refractivity contribution < 1.29 is 13.3 Å². The summed E-state index contributed by atoms with van der Waals surface area (Å²) in [6.07, 6.45) is 1.26. The van der Waals surface area contributed by atoms with Crippen molar-refractivity contribution in [3.8, 4) is 0 Å². The number of nitrogens with one attached hydrogen (secondary N) is 1. The zero-order valence-electron chi connectivity index (χ0n) is 10.2. The van der Waals surface area contributed by atoms with Crippen LogP contribution in [0.5, 0.6) is 0 Å². The molecule has 0 unspecified atom stereocenters. The lowest BCUT2D eigenvalue weighted by Gasteiger charge is -2.08. The van der Waals surface area contributed by atoms with Crippen LogP contribution in [0, 0.1) is 10.1 Å². The van der Waals surface area contributed by atoms with Gasteiger partial charge in [0.1, 0.15) is 10.7 Å². The number of benzene rings is 1. The van der Waals surface area contributed by atoms with E-state index >= 15 is 0 Å². The molecule has 110 valence electrons. The Bertz CT molecular complexity index is 794.